The fourth-order valence-corrected chi connectivity index (χ4v) is 4.42. The van der Waals surface area contributed by atoms with Crippen molar-refractivity contribution in [2.45, 2.75) is 70.5 Å². The third-order valence-electron chi connectivity index (χ3n) is 4.73. The Bertz CT molecular complexity index is 492. The van der Waals surface area contributed by atoms with Crippen LogP contribution in [0.5, 0.6) is 0 Å². The lowest BCUT2D eigenvalue weighted by Gasteiger charge is -2.37. The Labute approximate surface area is 130 Å². The fraction of sp³-hybridized carbons (Fsp3) is 0.800. The Kier molecular flexibility index (Phi) is 4.54. The summed E-state index contributed by atoms with van der Waals surface area (Å²) in [5.41, 5.74) is 0.878. The monoisotopic (exact) mass is 308 g/mol. The second-order valence-corrected chi connectivity index (χ2v) is 6.91. The standard InChI is InChI=1S/C15H24N4OS/c1-3-5-13-14(21-18-17-13)15(20)19(4-2)12-8-10-6-7-11(9-12)16-10/h10-12,16H,3-9H2,1-2H3. The van der Waals surface area contributed by atoms with E-state index in [0.29, 0.717) is 18.1 Å². The number of nitrogens with one attached hydrogen (secondary N) is 1. The summed E-state index contributed by atoms with van der Waals surface area (Å²) in [7, 11) is 0. The zero-order valence-electron chi connectivity index (χ0n) is 12.8. The zero-order valence-corrected chi connectivity index (χ0v) is 13.7. The lowest BCUT2D eigenvalue weighted by atomic mass is 9.98. The van der Waals surface area contributed by atoms with Crippen LogP contribution in [0.25, 0.3) is 0 Å². The van der Waals surface area contributed by atoms with Crippen LogP contribution in [-0.2, 0) is 6.42 Å². The van der Waals surface area contributed by atoms with Gasteiger partial charge in [0, 0.05) is 24.7 Å². The maximum absolute atomic E-state index is 12.9. The van der Waals surface area contributed by atoms with Gasteiger partial charge < -0.3 is 10.2 Å². The highest BCUT2D eigenvalue weighted by atomic mass is 32.1. The summed E-state index contributed by atoms with van der Waals surface area (Å²) in [6, 6.07) is 1.58. The maximum Gasteiger partial charge on any atom is 0.267 e. The van der Waals surface area contributed by atoms with E-state index in [4.69, 9.17) is 0 Å². The average Bonchev–Trinajstić information content (AvgIpc) is 3.07. The number of carbonyl (C=O) groups excluding carboxylic acids is 1. The molecule has 0 aromatic carbocycles. The van der Waals surface area contributed by atoms with E-state index in [0.717, 1.165) is 42.8 Å². The first kappa shape index (κ1) is 14.9. The molecule has 2 atom stereocenters. The number of fused-ring (bicyclic) bond motifs is 2. The third-order valence-corrected chi connectivity index (χ3v) is 5.48. The molecule has 2 saturated heterocycles. The van der Waals surface area contributed by atoms with Crippen molar-refractivity contribution in [2.24, 2.45) is 0 Å². The van der Waals surface area contributed by atoms with Gasteiger partial charge in [0.1, 0.15) is 4.88 Å². The average molecular weight is 308 g/mol. The molecule has 5 nitrogen and oxygen atoms in total. The van der Waals surface area contributed by atoms with E-state index in [1.807, 2.05) is 0 Å². The molecule has 1 amide bonds. The molecule has 2 aliphatic rings. The van der Waals surface area contributed by atoms with Crippen LogP contribution >= 0.6 is 11.5 Å². The summed E-state index contributed by atoms with van der Waals surface area (Å²) in [6.07, 6.45) is 6.53. The van der Waals surface area contributed by atoms with Crippen LogP contribution < -0.4 is 5.32 Å². The van der Waals surface area contributed by atoms with E-state index < -0.39 is 0 Å². The topological polar surface area (TPSA) is 58.1 Å². The number of piperidine rings is 1. The van der Waals surface area contributed by atoms with E-state index in [-0.39, 0.29) is 5.91 Å². The minimum atomic E-state index is 0.141. The summed E-state index contributed by atoms with van der Waals surface area (Å²) in [5, 5.41) is 7.78. The van der Waals surface area contributed by atoms with Gasteiger partial charge in [-0.15, -0.1) is 5.10 Å². The van der Waals surface area contributed by atoms with Crippen LogP contribution in [0.4, 0.5) is 0 Å². The van der Waals surface area contributed by atoms with Crippen molar-refractivity contribution < 1.29 is 4.79 Å². The summed E-state index contributed by atoms with van der Waals surface area (Å²) in [6.45, 7) is 4.96. The van der Waals surface area contributed by atoms with Crippen LogP contribution in [0, 0.1) is 0 Å². The van der Waals surface area contributed by atoms with Crippen molar-refractivity contribution >= 4 is 17.4 Å². The predicted octanol–water partition coefficient (Wildman–Crippen LogP) is 2.24. The first-order valence-corrected chi connectivity index (χ1v) is 8.88. The second kappa shape index (κ2) is 6.40. The molecular formula is C15H24N4OS. The van der Waals surface area contributed by atoms with Gasteiger partial charge >= 0.3 is 0 Å². The molecule has 1 aromatic heterocycles. The van der Waals surface area contributed by atoms with Gasteiger partial charge in [-0.2, -0.15) is 0 Å². The number of hydrogen-bond donors (Lipinski definition) is 1. The van der Waals surface area contributed by atoms with Crippen molar-refractivity contribution in [3.05, 3.63) is 10.6 Å². The van der Waals surface area contributed by atoms with Crippen LogP contribution in [0.1, 0.15) is 61.3 Å². The van der Waals surface area contributed by atoms with E-state index in [2.05, 4.69) is 33.7 Å². The molecule has 3 rings (SSSR count). The first-order chi connectivity index (χ1) is 10.2. The Morgan fingerprint density at radius 3 is 2.67 bits per heavy atom. The number of aromatic nitrogens is 2. The van der Waals surface area contributed by atoms with Crippen LogP contribution in [0.3, 0.4) is 0 Å². The summed E-state index contributed by atoms with van der Waals surface area (Å²) in [4.78, 5) is 15.7. The molecule has 1 aromatic rings. The van der Waals surface area contributed by atoms with Crippen molar-refractivity contribution in [1.82, 2.24) is 19.8 Å². The molecule has 2 fully saturated rings. The Hall–Kier alpha value is -1.01. The molecule has 116 valence electrons. The summed E-state index contributed by atoms with van der Waals surface area (Å²) >= 11 is 1.25. The summed E-state index contributed by atoms with van der Waals surface area (Å²) in [5.74, 6) is 0.141. The highest BCUT2D eigenvalue weighted by Gasteiger charge is 2.38. The number of rotatable bonds is 5. The lowest BCUT2D eigenvalue weighted by molar-refractivity contribution is 0.0635. The van der Waals surface area contributed by atoms with Crippen molar-refractivity contribution in [1.29, 1.82) is 0 Å². The fourth-order valence-electron chi connectivity index (χ4n) is 3.75. The first-order valence-electron chi connectivity index (χ1n) is 8.11. The van der Waals surface area contributed by atoms with Gasteiger partial charge in [0.05, 0.1) is 5.69 Å². The molecule has 2 aliphatic heterocycles. The number of amides is 1. The van der Waals surface area contributed by atoms with Gasteiger partial charge in [-0.1, -0.05) is 17.8 Å². The largest absolute Gasteiger partial charge is 0.335 e. The molecular weight excluding hydrogens is 284 g/mol. The van der Waals surface area contributed by atoms with Crippen LogP contribution in [-0.4, -0.2) is 45.1 Å². The highest BCUT2D eigenvalue weighted by Crippen LogP contribution is 2.31. The number of carbonyl (C=O) groups is 1. The van der Waals surface area contributed by atoms with E-state index >= 15 is 0 Å². The van der Waals surface area contributed by atoms with Gasteiger partial charge in [-0.25, -0.2) is 0 Å². The Balaban J connectivity index is 1.76. The normalized spacial score (nSPS) is 27.8. The minimum absolute atomic E-state index is 0.141. The molecule has 6 heteroatoms. The maximum atomic E-state index is 12.9. The van der Waals surface area contributed by atoms with Crippen LogP contribution in [0.15, 0.2) is 0 Å². The van der Waals surface area contributed by atoms with Crippen molar-refractivity contribution in [2.75, 3.05) is 6.54 Å². The Morgan fingerprint density at radius 1 is 1.33 bits per heavy atom. The van der Waals surface area contributed by atoms with Crippen LogP contribution in [0.2, 0.25) is 0 Å². The molecule has 0 spiro atoms. The zero-order chi connectivity index (χ0) is 14.8. The molecule has 3 heterocycles. The minimum Gasteiger partial charge on any atom is -0.335 e. The van der Waals surface area contributed by atoms with Crippen molar-refractivity contribution in [3.8, 4) is 0 Å². The molecule has 0 radical (unpaired) electrons. The number of nitrogens with zero attached hydrogens (tertiary/aromatic N) is 3. The van der Waals surface area contributed by atoms with Gasteiger partial charge in [-0.05, 0) is 50.6 Å². The quantitative estimate of drug-likeness (QED) is 0.906. The lowest BCUT2D eigenvalue weighted by Crippen LogP contribution is -2.50. The Morgan fingerprint density at radius 2 is 2.05 bits per heavy atom. The van der Waals surface area contributed by atoms with Gasteiger partial charge in [0.15, 0.2) is 0 Å². The number of aryl methyl sites for hydroxylation is 1. The molecule has 21 heavy (non-hydrogen) atoms. The van der Waals surface area contributed by atoms with Crippen molar-refractivity contribution in [3.63, 3.8) is 0 Å². The highest BCUT2D eigenvalue weighted by molar-refractivity contribution is 7.08. The number of hydrogen-bond acceptors (Lipinski definition) is 5. The molecule has 0 aliphatic carbocycles. The smallest absolute Gasteiger partial charge is 0.267 e. The second-order valence-electron chi connectivity index (χ2n) is 6.15. The van der Waals surface area contributed by atoms with Gasteiger partial charge in [0.25, 0.3) is 5.91 Å². The SMILES string of the molecule is CCCc1nnsc1C(=O)N(CC)C1CC2CCC(C1)N2. The third kappa shape index (κ3) is 2.97. The molecule has 0 saturated carbocycles. The summed E-state index contributed by atoms with van der Waals surface area (Å²) < 4.78 is 4.00. The molecule has 1 N–H and O–H groups in total. The predicted molar refractivity (Wildman–Crippen MR) is 83.6 cm³/mol. The molecule has 2 bridgehead atoms. The molecule has 2 unspecified atom stereocenters. The van der Waals surface area contributed by atoms with E-state index in [1.165, 1.54) is 24.4 Å². The van der Waals surface area contributed by atoms with E-state index in [9.17, 15) is 4.79 Å². The van der Waals surface area contributed by atoms with Gasteiger partial charge in [-0.3, -0.25) is 4.79 Å². The van der Waals surface area contributed by atoms with Gasteiger partial charge in [0.2, 0.25) is 0 Å². The van der Waals surface area contributed by atoms with E-state index in [1.54, 1.807) is 0 Å².